The van der Waals surface area contributed by atoms with Crippen molar-refractivity contribution < 1.29 is 4.79 Å². The summed E-state index contributed by atoms with van der Waals surface area (Å²) in [7, 11) is 1.89. The molecule has 0 bridgehead atoms. The molecule has 1 aliphatic rings. The number of aryl methyl sites for hydroxylation is 1. The van der Waals surface area contributed by atoms with Gasteiger partial charge < -0.3 is 4.90 Å². The number of rotatable bonds is 3. The van der Waals surface area contributed by atoms with E-state index in [0.29, 0.717) is 0 Å². The maximum absolute atomic E-state index is 12.4. The number of hydrogen-bond acceptors (Lipinski definition) is 1. The van der Waals surface area contributed by atoms with Crippen LogP contribution in [0.3, 0.4) is 0 Å². The molecule has 1 aliphatic carbocycles. The predicted octanol–water partition coefficient (Wildman–Crippen LogP) is 2.96. The second-order valence-corrected chi connectivity index (χ2v) is 5.39. The molecule has 3 heteroatoms. The van der Waals surface area contributed by atoms with E-state index < -0.39 is 0 Å². The van der Waals surface area contributed by atoms with Crippen molar-refractivity contribution >= 4 is 21.8 Å². The van der Waals surface area contributed by atoms with E-state index >= 15 is 0 Å². The van der Waals surface area contributed by atoms with Crippen molar-refractivity contribution in [3.63, 3.8) is 0 Å². The smallest absolute Gasteiger partial charge is 0.229 e. The van der Waals surface area contributed by atoms with Crippen LogP contribution in [0, 0.1) is 0 Å². The van der Waals surface area contributed by atoms with Crippen LogP contribution >= 0.6 is 15.9 Å². The molecule has 0 spiro atoms. The number of likely N-dealkylation sites (N-methyl/N-ethyl adjacent to an activating group) is 1. The second-order valence-electron chi connectivity index (χ2n) is 4.59. The summed E-state index contributed by atoms with van der Waals surface area (Å²) < 4.78 is 0. The van der Waals surface area contributed by atoms with Gasteiger partial charge in [0.25, 0.3) is 0 Å². The summed E-state index contributed by atoms with van der Waals surface area (Å²) in [5, 5.41) is 0.837. The summed E-state index contributed by atoms with van der Waals surface area (Å²) in [5.74, 6) is 0.334. The molecule has 1 amide bonds. The quantitative estimate of drug-likeness (QED) is 0.785. The van der Waals surface area contributed by atoms with Crippen LogP contribution in [0.2, 0.25) is 0 Å². The lowest BCUT2D eigenvalue weighted by Gasteiger charge is -2.28. The van der Waals surface area contributed by atoms with Gasteiger partial charge in [0.1, 0.15) is 0 Å². The SMILES string of the molecule is CN(CCBr)C(=O)C1CCCc2ccccc21. The lowest BCUT2D eigenvalue weighted by molar-refractivity contribution is -0.131. The number of fused-ring (bicyclic) bond motifs is 1. The fourth-order valence-corrected chi connectivity index (χ4v) is 3.05. The highest BCUT2D eigenvalue weighted by Gasteiger charge is 2.27. The van der Waals surface area contributed by atoms with Gasteiger partial charge in [-0.25, -0.2) is 0 Å². The molecule has 0 heterocycles. The van der Waals surface area contributed by atoms with Crippen LogP contribution in [0.4, 0.5) is 0 Å². The Morgan fingerprint density at radius 1 is 1.47 bits per heavy atom. The van der Waals surface area contributed by atoms with E-state index in [1.807, 2.05) is 18.0 Å². The molecule has 0 fully saturated rings. The third kappa shape index (κ3) is 2.71. The van der Waals surface area contributed by atoms with Crippen LogP contribution in [0.25, 0.3) is 0 Å². The molecule has 0 N–H and O–H groups in total. The molecule has 17 heavy (non-hydrogen) atoms. The van der Waals surface area contributed by atoms with E-state index in [9.17, 15) is 4.79 Å². The number of carbonyl (C=O) groups excluding carboxylic acids is 1. The average molecular weight is 296 g/mol. The molecule has 2 nitrogen and oxygen atoms in total. The predicted molar refractivity (Wildman–Crippen MR) is 73.6 cm³/mol. The van der Waals surface area contributed by atoms with Crippen LogP contribution in [0.15, 0.2) is 24.3 Å². The molecule has 0 saturated heterocycles. The second kappa shape index (κ2) is 5.67. The van der Waals surface area contributed by atoms with Gasteiger partial charge in [-0.3, -0.25) is 4.79 Å². The fourth-order valence-electron chi connectivity index (χ4n) is 2.51. The Morgan fingerprint density at radius 3 is 3.00 bits per heavy atom. The maximum atomic E-state index is 12.4. The average Bonchev–Trinajstić information content (AvgIpc) is 2.37. The molecule has 92 valence electrons. The number of amides is 1. The fraction of sp³-hybridized carbons (Fsp3) is 0.500. The summed E-state index contributed by atoms with van der Waals surface area (Å²) in [6.45, 7) is 0.775. The van der Waals surface area contributed by atoms with Crippen molar-refractivity contribution in [2.24, 2.45) is 0 Å². The van der Waals surface area contributed by atoms with Crippen molar-refractivity contribution in [1.82, 2.24) is 4.90 Å². The third-order valence-corrected chi connectivity index (χ3v) is 3.82. The highest BCUT2D eigenvalue weighted by Crippen LogP contribution is 2.32. The topological polar surface area (TPSA) is 20.3 Å². The Kier molecular flexibility index (Phi) is 4.21. The molecule has 0 radical (unpaired) electrons. The van der Waals surface area contributed by atoms with Crippen LogP contribution in [0.1, 0.15) is 29.9 Å². The molecule has 0 saturated carbocycles. The number of benzene rings is 1. The molecule has 1 aromatic carbocycles. The Balaban J connectivity index is 2.20. The Hall–Kier alpha value is -0.830. The van der Waals surface area contributed by atoms with Gasteiger partial charge >= 0.3 is 0 Å². The highest BCUT2D eigenvalue weighted by atomic mass is 79.9. The molecule has 0 aromatic heterocycles. The molecule has 2 rings (SSSR count). The van der Waals surface area contributed by atoms with Gasteiger partial charge in [0.05, 0.1) is 5.92 Å². The minimum atomic E-state index is 0.0731. The zero-order chi connectivity index (χ0) is 12.3. The van der Waals surface area contributed by atoms with Crippen molar-refractivity contribution in [3.8, 4) is 0 Å². The van der Waals surface area contributed by atoms with Gasteiger partial charge in [-0.05, 0) is 30.4 Å². The van der Waals surface area contributed by atoms with Gasteiger partial charge in [-0.2, -0.15) is 0 Å². The van der Waals surface area contributed by atoms with E-state index in [-0.39, 0.29) is 11.8 Å². The van der Waals surface area contributed by atoms with Crippen molar-refractivity contribution in [3.05, 3.63) is 35.4 Å². The lowest BCUT2D eigenvalue weighted by Crippen LogP contribution is -2.34. The number of alkyl halides is 1. The zero-order valence-electron chi connectivity index (χ0n) is 10.2. The van der Waals surface area contributed by atoms with E-state index in [4.69, 9.17) is 0 Å². The number of nitrogens with zero attached hydrogens (tertiary/aromatic N) is 1. The van der Waals surface area contributed by atoms with Crippen molar-refractivity contribution in [2.75, 3.05) is 18.9 Å². The Bertz CT molecular complexity index is 405. The molecule has 1 aromatic rings. The van der Waals surface area contributed by atoms with Gasteiger partial charge in [-0.15, -0.1) is 0 Å². The van der Waals surface area contributed by atoms with Gasteiger partial charge in [0.2, 0.25) is 5.91 Å². The Labute approximate surface area is 111 Å². The largest absolute Gasteiger partial charge is 0.344 e. The first-order chi connectivity index (χ1) is 8.24. The standard InChI is InChI=1S/C14H18BrNO/c1-16(10-9-15)14(17)13-8-4-6-11-5-2-3-7-12(11)13/h2-3,5,7,13H,4,6,8-10H2,1H3. The van der Waals surface area contributed by atoms with E-state index in [0.717, 1.165) is 31.1 Å². The van der Waals surface area contributed by atoms with Crippen LogP contribution in [-0.4, -0.2) is 29.7 Å². The first-order valence-electron chi connectivity index (χ1n) is 6.12. The van der Waals surface area contributed by atoms with Gasteiger partial charge in [0.15, 0.2) is 0 Å². The summed E-state index contributed by atoms with van der Waals surface area (Å²) >= 11 is 3.38. The van der Waals surface area contributed by atoms with Crippen LogP contribution in [0.5, 0.6) is 0 Å². The molecule has 0 aliphatic heterocycles. The molecule has 1 unspecified atom stereocenters. The van der Waals surface area contributed by atoms with Crippen molar-refractivity contribution in [2.45, 2.75) is 25.2 Å². The minimum absolute atomic E-state index is 0.0731. The van der Waals surface area contributed by atoms with E-state index in [2.05, 4.69) is 34.1 Å². The summed E-state index contributed by atoms with van der Waals surface area (Å²) in [5.41, 5.74) is 2.59. The highest BCUT2D eigenvalue weighted by molar-refractivity contribution is 9.09. The monoisotopic (exact) mass is 295 g/mol. The third-order valence-electron chi connectivity index (χ3n) is 3.46. The summed E-state index contributed by atoms with van der Waals surface area (Å²) in [4.78, 5) is 14.2. The summed E-state index contributed by atoms with van der Waals surface area (Å²) in [6.07, 6.45) is 3.22. The number of carbonyl (C=O) groups is 1. The number of hydrogen-bond donors (Lipinski definition) is 0. The molecule has 1 atom stereocenters. The summed E-state index contributed by atoms with van der Waals surface area (Å²) in [6, 6.07) is 8.36. The van der Waals surface area contributed by atoms with Gasteiger partial charge in [0, 0.05) is 18.9 Å². The zero-order valence-corrected chi connectivity index (χ0v) is 11.7. The molecular weight excluding hydrogens is 278 g/mol. The van der Waals surface area contributed by atoms with Crippen LogP contribution < -0.4 is 0 Å². The van der Waals surface area contributed by atoms with Crippen LogP contribution in [-0.2, 0) is 11.2 Å². The Morgan fingerprint density at radius 2 is 2.24 bits per heavy atom. The first-order valence-corrected chi connectivity index (χ1v) is 7.25. The maximum Gasteiger partial charge on any atom is 0.229 e. The normalized spacial score (nSPS) is 18.6. The molecular formula is C14H18BrNO. The first kappa shape index (κ1) is 12.6. The van der Waals surface area contributed by atoms with Crippen molar-refractivity contribution in [1.29, 1.82) is 0 Å². The van der Waals surface area contributed by atoms with Gasteiger partial charge in [-0.1, -0.05) is 40.2 Å². The van der Waals surface area contributed by atoms with E-state index in [1.165, 1.54) is 11.1 Å². The lowest BCUT2D eigenvalue weighted by atomic mass is 9.82. The van der Waals surface area contributed by atoms with E-state index in [1.54, 1.807) is 0 Å². The minimum Gasteiger partial charge on any atom is -0.344 e. The number of halogens is 1.